The zero-order valence-electron chi connectivity index (χ0n) is 17.7. The SMILES string of the molecule is OCC1O[C@@H](O[C@H]2C(CO)O[C@@H](O[C@H]3C(CO)O[C@H](O)C(O)[C@@H]3O)C(O)[C@@H]2O)C(O)[C@H](O)[C@@H]1O. The van der Waals surface area contributed by atoms with Gasteiger partial charge in [0, 0.05) is 0 Å². The minimum atomic E-state index is -1.91. The Labute approximate surface area is 192 Å². The molecule has 16 heteroatoms. The van der Waals surface area contributed by atoms with E-state index in [-0.39, 0.29) is 0 Å². The van der Waals surface area contributed by atoms with E-state index >= 15 is 0 Å². The smallest absolute Gasteiger partial charge is 0.187 e. The average molecular weight is 504 g/mol. The van der Waals surface area contributed by atoms with Gasteiger partial charge < -0.3 is 79.9 Å². The van der Waals surface area contributed by atoms with Crippen molar-refractivity contribution < 1.29 is 79.9 Å². The number of aliphatic hydroxyl groups is 11. The third kappa shape index (κ3) is 5.37. The Morgan fingerprint density at radius 3 is 1.35 bits per heavy atom. The third-order valence-electron chi connectivity index (χ3n) is 6.09. The molecule has 3 rings (SSSR count). The maximum absolute atomic E-state index is 10.6. The van der Waals surface area contributed by atoms with Gasteiger partial charge in [-0.25, -0.2) is 0 Å². The van der Waals surface area contributed by atoms with Crippen molar-refractivity contribution in [2.75, 3.05) is 19.8 Å². The number of hydrogen-bond donors (Lipinski definition) is 11. The van der Waals surface area contributed by atoms with Gasteiger partial charge in [-0.3, -0.25) is 0 Å². The highest BCUT2D eigenvalue weighted by atomic mass is 16.8. The van der Waals surface area contributed by atoms with Gasteiger partial charge in [0.25, 0.3) is 0 Å². The van der Waals surface area contributed by atoms with Crippen LogP contribution in [-0.2, 0) is 23.7 Å². The van der Waals surface area contributed by atoms with E-state index in [4.69, 9.17) is 23.7 Å². The first kappa shape index (κ1) is 27.9. The summed E-state index contributed by atoms with van der Waals surface area (Å²) in [6.07, 6.45) is -25.1. The van der Waals surface area contributed by atoms with E-state index in [1.54, 1.807) is 0 Å². The van der Waals surface area contributed by atoms with Gasteiger partial charge in [-0.05, 0) is 0 Å². The molecule has 3 aliphatic heterocycles. The minimum absolute atomic E-state index is 0.741. The lowest BCUT2D eigenvalue weighted by Gasteiger charge is -2.47. The topological polar surface area (TPSA) is 269 Å². The second kappa shape index (κ2) is 11.6. The molecule has 3 heterocycles. The van der Waals surface area contributed by atoms with Gasteiger partial charge in [0.1, 0.15) is 73.2 Å². The number of hydrogen-bond acceptors (Lipinski definition) is 16. The van der Waals surface area contributed by atoms with Crippen molar-refractivity contribution in [3.05, 3.63) is 0 Å². The van der Waals surface area contributed by atoms with Gasteiger partial charge in [0.05, 0.1) is 19.8 Å². The molecule has 6 unspecified atom stereocenters. The zero-order chi connectivity index (χ0) is 25.3. The van der Waals surface area contributed by atoms with Crippen LogP contribution in [0.1, 0.15) is 0 Å². The number of aliphatic hydroxyl groups excluding tert-OH is 11. The molecule has 0 saturated carbocycles. The van der Waals surface area contributed by atoms with E-state index in [0.717, 1.165) is 0 Å². The summed E-state index contributed by atoms with van der Waals surface area (Å²) in [5.74, 6) is 0. The fourth-order valence-corrected chi connectivity index (χ4v) is 4.06. The fraction of sp³-hybridized carbons (Fsp3) is 1.00. The Morgan fingerprint density at radius 1 is 0.441 bits per heavy atom. The van der Waals surface area contributed by atoms with Crippen molar-refractivity contribution in [1.82, 2.24) is 0 Å². The second-order valence-electron chi connectivity index (χ2n) is 8.33. The van der Waals surface area contributed by atoms with Crippen LogP contribution >= 0.6 is 0 Å². The van der Waals surface area contributed by atoms with E-state index in [2.05, 4.69) is 0 Å². The van der Waals surface area contributed by atoms with Crippen molar-refractivity contribution in [2.45, 2.75) is 92.1 Å². The van der Waals surface area contributed by atoms with Gasteiger partial charge in [0.2, 0.25) is 0 Å². The molecule has 0 aromatic heterocycles. The van der Waals surface area contributed by atoms with Crippen molar-refractivity contribution in [3.63, 3.8) is 0 Å². The predicted octanol–water partition coefficient (Wildman–Crippen LogP) is -7.57. The summed E-state index contributed by atoms with van der Waals surface area (Å²) in [4.78, 5) is 0. The van der Waals surface area contributed by atoms with Crippen molar-refractivity contribution in [3.8, 4) is 0 Å². The van der Waals surface area contributed by atoms with Crippen LogP contribution in [-0.4, -0.2) is 168 Å². The molecule has 0 spiro atoms. The first-order valence-corrected chi connectivity index (χ1v) is 10.6. The highest BCUT2D eigenvalue weighted by Gasteiger charge is 2.53. The van der Waals surface area contributed by atoms with Crippen molar-refractivity contribution in [1.29, 1.82) is 0 Å². The molecule has 3 aliphatic rings. The maximum atomic E-state index is 10.6. The van der Waals surface area contributed by atoms with Gasteiger partial charge in [-0.1, -0.05) is 0 Å². The van der Waals surface area contributed by atoms with E-state index in [0.29, 0.717) is 0 Å². The van der Waals surface area contributed by atoms with Crippen LogP contribution in [0.3, 0.4) is 0 Å². The molecule has 34 heavy (non-hydrogen) atoms. The summed E-state index contributed by atoms with van der Waals surface area (Å²) in [5, 5.41) is 109. The van der Waals surface area contributed by atoms with Gasteiger partial charge >= 0.3 is 0 Å². The molecule has 200 valence electrons. The van der Waals surface area contributed by atoms with Crippen LogP contribution in [0.4, 0.5) is 0 Å². The maximum Gasteiger partial charge on any atom is 0.187 e. The molecular formula is C18H32O16. The van der Waals surface area contributed by atoms with Crippen LogP contribution in [0, 0.1) is 0 Å². The summed E-state index contributed by atoms with van der Waals surface area (Å²) in [6.45, 7) is -2.32. The fourth-order valence-electron chi connectivity index (χ4n) is 4.06. The summed E-state index contributed by atoms with van der Waals surface area (Å²) in [6, 6.07) is 0. The standard InChI is InChI=1S/C18H32O16/c19-1-4-7(22)8(23)12(27)17(31-4)34-15-6(3-21)32-18(13(28)10(15)25)33-14-5(2-20)30-16(29)11(26)9(14)24/h4-29H,1-3H2/t4?,5?,6?,7-,8-,9+,10+,11?,12?,13?,14+,15+,16+,17+,18+/m1/s1. The van der Waals surface area contributed by atoms with Crippen molar-refractivity contribution >= 4 is 0 Å². The quantitative estimate of drug-likeness (QED) is 0.154. The Morgan fingerprint density at radius 2 is 0.853 bits per heavy atom. The predicted molar refractivity (Wildman–Crippen MR) is 101 cm³/mol. The molecule has 0 bridgehead atoms. The Hall–Kier alpha value is -0.640. The van der Waals surface area contributed by atoms with Crippen LogP contribution in [0.2, 0.25) is 0 Å². The van der Waals surface area contributed by atoms with Crippen LogP contribution in [0.5, 0.6) is 0 Å². The Balaban J connectivity index is 1.72. The molecule has 3 saturated heterocycles. The lowest BCUT2D eigenvalue weighted by molar-refractivity contribution is -0.377. The van der Waals surface area contributed by atoms with E-state index in [1.807, 2.05) is 0 Å². The van der Waals surface area contributed by atoms with E-state index in [9.17, 15) is 56.2 Å². The third-order valence-corrected chi connectivity index (χ3v) is 6.09. The van der Waals surface area contributed by atoms with Gasteiger partial charge in [-0.2, -0.15) is 0 Å². The van der Waals surface area contributed by atoms with E-state index < -0.39 is 112 Å². The van der Waals surface area contributed by atoms with Crippen LogP contribution < -0.4 is 0 Å². The minimum Gasteiger partial charge on any atom is -0.394 e. The summed E-state index contributed by atoms with van der Waals surface area (Å²) < 4.78 is 26.4. The lowest BCUT2D eigenvalue weighted by atomic mass is 9.96. The van der Waals surface area contributed by atoms with Crippen LogP contribution in [0.25, 0.3) is 0 Å². The highest BCUT2D eigenvalue weighted by molar-refractivity contribution is 4.96. The average Bonchev–Trinajstić information content (AvgIpc) is 2.83. The molecular weight excluding hydrogens is 472 g/mol. The highest BCUT2D eigenvalue weighted by Crippen LogP contribution is 2.32. The zero-order valence-corrected chi connectivity index (χ0v) is 17.7. The molecule has 0 aliphatic carbocycles. The molecule has 0 amide bonds. The molecule has 3 fully saturated rings. The first-order chi connectivity index (χ1) is 16.0. The lowest BCUT2D eigenvalue weighted by Crippen LogP contribution is -2.66. The summed E-state index contributed by atoms with van der Waals surface area (Å²) >= 11 is 0. The second-order valence-corrected chi connectivity index (χ2v) is 8.33. The summed E-state index contributed by atoms with van der Waals surface area (Å²) in [5.41, 5.74) is 0. The largest absolute Gasteiger partial charge is 0.394 e. The summed E-state index contributed by atoms with van der Waals surface area (Å²) in [7, 11) is 0. The van der Waals surface area contributed by atoms with Gasteiger partial charge in [0.15, 0.2) is 18.9 Å². The van der Waals surface area contributed by atoms with Crippen molar-refractivity contribution in [2.24, 2.45) is 0 Å². The monoisotopic (exact) mass is 504 g/mol. The molecule has 0 aromatic carbocycles. The molecule has 0 radical (unpaired) electrons. The molecule has 16 nitrogen and oxygen atoms in total. The molecule has 11 N–H and O–H groups in total. The normalized spacial score (nSPS) is 52.5. The number of ether oxygens (including phenoxy) is 5. The van der Waals surface area contributed by atoms with Gasteiger partial charge in [-0.15, -0.1) is 0 Å². The Bertz CT molecular complexity index is 635. The molecule has 15 atom stereocenters. The van der Waals surface area contributed by atoms with Crippen LogP contribution in [0.15, 0.2) is 0 Å². The Kier molecular flexibility index (Phi) is 9.54. The first-order valence-electron chi connectivity index (χ1n) is 10.6. The molecule has 0 aromatic rings. The number of rotatable bonds is 7. The van der Waals surface area contributed by atoms with E-state index in [1.165, 1.54) is 0 Å².